The summed E-state index contributed by atoms with van der Waals surface area (Å²) in [7, 11) is 1.94. The number of pyridine rings is 1. The fourth-order valence-corrected chi connectivity index (χ4v) is 2.55. The van der Waals surface area contributed by atoms with Crippen LogP contribution in [0.5, 0.6) is 0 Å². The van der Waals surface area contributed by atoms with E-state index in [0.717, 1.165) is 28.1 Å². The van der Waals surface area contributed by atoms with Gasteiger partial charge in [0.25, 0.3) is 0 Å². The van der Waals surface area contributed by atoms with Crippen molar-refractivity contribution in [3.05, 3.63) is 65.4 Å². The molecule has 0 radical (unpaired) electrons. The van der Waals surface area contributed by atoms with Crippen LogP contribution in [-0.4, -0.2) is 22.0 Å². The smallest absolute Gasteiger partial charge is 0.125 e. The Bertz CT molecular complexity index is 783. The van der Waals surface area contributed by atoms with E-state index in [0.29, 0.717) is 0 Å². The van der Waals surface area contributed by atoms with Crippen LogP contribution in [0.2, 0.25) is 0 Å². The molecule has 4 heteroatoms. The van der Waals surface area contributed by atoms with Crippen molar-refractivity contribution in [2.24, 2.45) is 0 Å². The molecule has 0 saturated heterocycles. The van der Waals surface area contributed by atoms with Crippen LogP contribution in [0.1, 0.15) is 28.8 Å². The molecule has 1 unspecified atom stereocenters. The van der Waals surface area contributed by atoms with Crippen LogP contribution >= 0.6 is 0 Å². The van der Waals surface area contributed by atoms with Crippen LogP contribution in [0.3, 0.4) is 0 Å². The van der Waals surface area contributed by atoms with Crippen molar-refractivity contribution in [1.29, 1.82) is 0 Å². The largest absolute Gasteiger partial charge is 0.308 e. The summed E-state index contributed by atoms with van der Waals surface area (Å²) < 4.78 is 0. The van der Waals surface area contributed by atoms with Crippen molar-refractivity contribution >= 4 is 10.9 Å². The molecule has 0 saturated carbocycles. The van der Waals surface area contributed by atoms with Gasteiger partial charge in [0.05, 0.1) is 17.3 Å². The predicted octanol–water partition coefficient (Wildman–Crippen LogP) is 2.95. The Balaban J connectivity index is 2.06. The molecule has 2 heterocycles. The van der Waals surface area contributed by atoms with Gasteiger partial charge in [-0.1, -0.05) is 12.1 Å². The van der Waals surface area contributed by atoms with Crippen molar-refractivity contribution in [3.63, 3.8) is 0 Å². The Morgan fingerprint density at radius 1 is 1.00 bits per heavy atom. The molecule has 0 aliphatic rings. The van der Waals surface area contributed by atoms with Gasteiger partial charge in [0.1, 0.15) is 5.82 Å². The number of rotatable bonds is 3. The summed E-state index contributed by atoms with van der Waals surface area (Å²) in [6, 6.07) is 12.5. The first kappa shape index (κ1) is 13.6. The van der Waals surface area contributed by atoms with E-state index in [9.17, 15) is 0 Å². The third kappa shape index (κ3) is 2.76. The van der Waals surface area contributed by atoms with E-state index in [4.69, 9.17) is 0 Å². The van der Waals surface area contributed by atoms with Gasteiger partial charge in [-0.05, 0) is 50.7 Å². The van der Waals surface area contributed by atoms with Gasteiger partial charge >= 0.3 is 0 Å². The Morgan fingerprint density at radius 2 is 1.86 bits per heavy atom. The summed E-state index contributed by atoms with van der Waals surface area (Å²) in [6.45, 7) is 3.91. The van der Waals surface area contributed by atoms with Gasteiger partial charge in [0.15, 0.2) is 0 Å². The first-order valence-corrected chi connectivity index (χ1v) is 7.01. The minimum atomic E-state index is 0.0532. The summed E-state index contributed by atoms with van der Waals surface area (Å²) >= 11 is 0. The Kier molecular flexibility index (Phi) is 3.62. The van der Waals surface area contributed by atoms with Gasteiger partial charge in [0.2, 0.25) is 0 Å². The summed E-state index contributed by atoms with van der Waals surface area (Å²) in [6.07, 6.45) is 1.80. The van der Waals surface area contributed by atoms with Gasteiger partial charge in [-0.3, -0.25) is 4.98 Å². The highest BCUT2D eigenvalue weighted by molar-refractivity contribution is 5.79. The lowest BCUT2D eigenvalue weighted by atomic mass is 10.0. The van der Waals surface area contributed by atoms with Gasteiger partial charge < -0.3 is 5.32 Å². The summed E-state index contributed by atoms with van der Waals surface area (Å²) in [5.74, 6) is 0.783. The molecule has 0 bridgehead atoms. The van der Waals surface area contributed by atoms with Gasteiger partial charge in [-0.15, -0.1) is 0 Å². The molecule has 4 nitrogen and oxygen atoms in total. The molecule has 0 fully saturated rings. The van der Waals surface area contributed by atoms with E-state index in [1.54, 1.807) is 6.20 Å². The van der Waals surface area contributed by atoms with E-state index in [-0.39, 0.29) is 6.04 Å². The third-order valence-electron chi connectivity index (χ3n) is 3.57. The van der Waals surface area contributed by atoms with E-state index in [1.165, 1.54) is 5.56 Å². The quantitative estimate of drug-likeness (QED) is 0.800. The van der Waals surface area contributed by atoms with Crippen molar-refractivity contribution in [2.75, 3.05) is 7.05 Å². The predicted molar refractivity (Wildman–Crippen MR) is 84.2 cm³/mol. The topological polar surface area (TPSA) is 50.7 Å². The Hall–Kier alpha value is -2.33. The first-order chi connectivity index (χ1) is 10.2. The molecule has 2 aromatic heterocycles. The average molecular weight is 278 g/mol. The van der Waals surface area contributed by atoms with Gasteiger partial charge in [-0.25, -0.2) is 9.97 Å². The summed E-state index contributed by atoms with van der Waals surface area (Å²) in [5, 5.41) is 4.47. The molecular weight excluding hydrogens is 260 g/mol. The number of fused-ring (bicyclic) bond motifs is 1. The monoisotopic (exact) mass is 278 g/mol. The maximum atomic E-state index is 4.54. The number of nitrogens with one attached hydrogen (secondary N) is 1. The van der Waals surface area contributed by atoms with E-state index >= 15 is 0 Å². The Labute approximate surface area is 124 Å². The molecule has 1 aromatic carbocycles. The molecule has 0 amide bonds. The maximum Gasteiger partial charge on any atom is 0.125 e. The lowest BCUT2D eigenvalue weighted by Gasteiger charge is -2.17. The van der Waals surface area contributed by atoms with Crippen molar-refractivity contribution < 1.29 is 0 Å². The van der Waals surface area contributed by atoms with E-state index < -0.39 is 0 Å². The first-order valence-electron chi connectivity index (χ1n) is 7.01. The normalized spacial score (nSPS) is 12.5. The van der Waals surface area contributed by atoms with E-state index in [2.05, 4.69) is 44.5 Å². The number of nitrogens with zero attached hydrogens (tertiary/aromatic N) is 3. The number of hydrogen-bond acceptors (Lipinski definition) is 4. The molecular formula is C17H18N4. The number of aryl methyl sites for hydroxylation is 2. The lowest BCUT2D eigenvalue weighted by Crippen LogP contribution is -2.19. The highest BCUT2D eigenvalue weighted by atomic mass is 14.9. The van der Waals surface area contributed by atoms with Crippen molar-refractivity contribution in [1.82, 2.24) is 20.3 Å². The lowest BCUT2D eigenvalue weighted by molar-refractivity contribution is 0.665. The minimum absolute atomic E-state index is 0.0532. The summed E-state index contributed by atoms with van der Waals surface area (Å²) in [4.78, 5) is 13.2. The number of benzene rings is 1. The second-order valence-corrected chi connectivity index (χ2v) is 5.16. The van der Waals surface area contributed by atoms with Crippen LogP contribution in [0.15, 0.2) is 42.6 Å². The second-order valence-electron chi connectivity index (χ2n) is 5.16. The minimum Gasteiger partial charge on any atom is -0.308 e. The number of aromatic nitrogens is 3. The highest BCUT2D eigenvalue weighted by Gasteiger charge is 2.14. The van der Waals surface area contributed by atoms with Crippen LogP contribution in [0.25, 0.3) is 10.9 Å². The van der Waals surface area contributed by atoms with Gasteiger partial charge in [0, 0.05) is 17.3 Å². The fraction of sp³-hybridized carbons (Fsp3) is 0.235. The molecule has 3 rings (SSSR count). The SMILES string of the molecule is CNC(c1ccc2nc(C)ccc2c1)c1ccnc(C)n1. The standard InChI is InChI=1S/C17H18N4/c1-11-4-5-13-10-14(6-7-15(13)20-11)17(18-3)16-8-9-19-12(2)21-16/h4-10,17-18H,1-3H3. The fourth-order valence-electron chi connectivity index (χ4n) is 2.55. The average Bonchev–Trinajstić information content (AvgIpc) is 2.48. The van der Waals surface area contributed by atoms with Crippen molar-refractivity contribution in [2.45, 2.75) is 19.9 Å². The molecule has 1 atom stereocenters. The summed E-state index contributed by atoms with van der Waals surface area (Å²) in [5.41, 5.74) is 4.21. The van der Waals surface area contributed by atoms with Crippen LogP contribution in [-0.2, 0) is 0 Å². The molecule has 106 valence electrons. The van der Waals surface area contributed by atoms with Crippen LogP contribution in [0.4, 0.5) is 0 Å². The van der Waals surface area contributed by atoms with Crippen molar-refractivity contribution in [3.8, 4) is 0 Å². The second kappa shape index (κ2) is 5.58. The zero-order valence-electron chi connectivity index (χ0n) is 12.5. The van der Waals surface area contributed by atoms with Crippen LogP contribution < -0.4 is 5.32 Å². The Morgan fingerprint density at radius 3 is 2.62 bits per heavy atom. The number of hydrogen-bond donors (Lipinski definition) is 1. The molecule has 3 aromatic rings. The molecule has 0 aliphatic heterocycles. The molecule has 1 N–H and O–H groups in total. The van der Waals surface area contributed by atoms with E-state index in [1.807, 2.05) is 33.0 Å². The molecule has 21 heavy (non-hydrogen) atoms. The maximum absolute atomic E-state index is 4.54. The highest BCUT2D eigenvalue weighted by Crippen LogP contribution is 2.23. The third-order valence-corrected chi connectivity index (χ3v) is 3.57. The molecule has 0 aliphatic carbocycles. The zero-order chi connectivity index (χ0) is 14.8. The zero-order valence-corrected chi connectivity index (χ0v) is 12.5. The molecule has 0 spiro atoms. The van der Waals surface area contributed by atoms with Gasteiger partial charge in [-0.2, -0.15) is 0 Å². The van der Waals surface area contributed by atoms with Crippen LogP contribution in [0, 0.1) is 13.8 Å².